The number of aromatic nitrogens is 3. The van der Waals surface area contributed by atoms with Gasteiger partial charge in [0.2, 0.25) is 11.8 Å². The molecule has 152 valence electrons. The van der Waals surface area contributed by atoms with Crippen LogP contribution in [0.15, 0.2) is 12.7 Å². The van der Waals surface area contributed by atoms with Crippen molar-refractivity contribution in [2.45, 2.75) is 69.5 Å². The van der Waals surface area contributed by atoms with Crippen LogP contribution in [-0.4, -0.2) is 56.7 Å². The standard InChI is InChI=1S/C20H30N6O2/c1-2-23-17(27)16-4-15(21)9-25(16)18(28)19-5-13-3-14(6-19)8-20(7-13,10-19)26-12-22-11-24-26/h11-16H,2-10,21H2,1H3,(H,23,27)/t13?,14?,15-,16+,19?,20?/m1/s1. The minimum absolute atomic E-state index is 0.0699. The second kappa shape index (κ2) is 6.27. The van der Waals surface area contributed by atoms with Crippen LogP contribution >= 0.6 is 0 Å². The first-order valence-electron chi connectivity index (χ1n) is 10.6. The third-order valence-corrected chi connectivity index (χ3v) is 7.64. The Bertz CT molecular complexity index is 764. The van der Waals surface area contributed by atoms with Gasteiger partial charge < -0.3 is 16.0 Å². The SMILES string of the molecule is CCNC(=O)[C@@H]1C[C@@H](N)CN1C(=O)C12CC3CC(C1)CC(n1cncn1)(C3)C2. The number of likely N-dealkylation sites (tertiary alicyclic amines) is 1. The quantitative estimate of drug-likeness (QED) is 0.790. The van der Waals surface area contributed by atoms with Crippen molar-refractivity contribution < 1.29 is 9.59 Å². The highest BCUT2D eigenvalue weighted by Crippen LogP contribution is 2.64. The molecule has 5 fully saturated rings. The summed E-state index contributed by atoms with van der Waals surface area (Å²) in [5, 5.41) is 7.36. The molecule has 28 heavy (non-hydrogen) atoms. The molecule has 2 amide bonds. The summed E-state index contributed by atoms with van der Waals surface area (Å²) in [5.41, 5.74) is 5.70. The fourth-order valence-electron chi connectivity index (χ4n) is 7.12. The monoisotopic (exact) mass is 386 g/mol. The van der Waals surface area contributed by atoms with Crippen molar-refractivity contribution in [3.05, 3.63) is 12.7 Å². The van der Waals surface area contributed by atoms with E-state index in [2.05, 4.69) is 15.4 Å². The molecule has 1 saturated heterocycles. The van der Waals surface area contributed by atoms with Gasteiger partial charge in [0.1, 0.15) is 18.7 Å². The molecule has 2 heterocycles. The molecule has 4 atom stereocenters. The molecule has 0 aromatic carbocycles. The molecule has 1 aromatic heterocycles. The molecule has 6 rings (SSSR count). The van der Waals surface area contributed by atoms with E-state index in [1.54, 1.807) is 11.2 Å². The van der Waals surface area contributed by atoms with Crippen LogP contribution in [0.25, 0.3) is 0 Å². The molecule has 1 aromatic rings. The van der Waals surface area contributed by atoms with E-state index >= 15 is 0 Å². The Morgan fingerprint density at radius 3 is 2.61 bits per heavy atom. The van der Waals surface area contributed by atoms with Crippen LogP contribution in [0.4, 0.5) is 0 Å². The Kier molecular flexibility index (Phi) is 4.05. The Hall–Kier alpha value is -1.96. The van der Waals surface area contributed by atoms with Gasteiger partial charge in [-0.3, -0.25) is 9.59 Å². The summed E-state index contributed by atoms with van der Waals surface area (Å²) in [5.74, 6) is 1.18. The number of rotatable bonds is 4. The molecular formula is C20H30N6O2. The number of carbonyl (C=O) groups excluding carboxylic acids is 2. The minimum atomic E-state index is -0.433. The zero-order valence-corrected chi connectivity index (χ0v) is 16.5. The fourth-order valence-corrected chi connectivity index (χ4v) is 7.12. The predicted molar refractivity (Wildman–Crippen MR) is 102 cm³/mol. The predicted octanol–water partition coefficient (Wildman–Crippen LogP) is 0.638. The topological polar surface area (TPSA) is 106 Å². The van der Waals surface area contributed by atoms with Crippen molar-refractivity contribution >= 4 is 11.8 Å². The zero-order chi connectivity index (χ0) is 19.5. The largest absolute Gasteiger partial charge is 0.355 e. The van der Waals surface area contributed by atoms with Gasteiger partial charge in [0.25, 0.3) is 0 Å². The van der Waals surface area contributed by atoms with Crippen molar-refractivity contribution in [2.75, 3.05) is 13.1 Å². The van der Waals surface area contributed by atoms with Crippen LogP contribution in [0.2, 0.25) is 0 Å². The minimum Gasteiger partial charge on any atom is -0.355 e. The van der Waals surface area contributed by atoms with Gasteiger partial charge in [-0.15, -0.1) is 0 Å². The first-order chi connectivity index (χ1) is 13.4. The molecule has 0 radical (unpaired) electrons. The summed E-state index contributed by atoms with van der Waals surface area (Å²) < 4.78 is 2.02. The molecule has 4 aliphatic carbocycles. The maximum atomic E-state index is 13.9. The van der Waals surface area contributed by atoms with E-state index in [4.69, 9.17) is 5.73 Å². The molecule has 5 aliphatic rings. The number of nitrogens with zero attached hydrogens (tertiary/aromatic N) is 4. The summed E-state index contributed by atoms with van der Waals surface area (Å²) in [4.78, 5) is 32.5. The average Bonchev–Trinajstić information content (AvgIpc) is 3.30. The molecule has 1 aliphatic heterocycles. The van der Waals surface area contributed by atoms with E-state index in [1.165, 1.54) is 6.42 Å². The molecule has 2 unspecified atom stereocenters. The van der Waals surface area contributed by atoms with Crippen LogP contribution in [0.3, 0.4) is 0 Å². The number of hydrogen-bond donors (Lipinski definition) is 2. The van der Waals surface area contributed by atoms with Crippen molar-refractivity contribution in [1.29, 1.82) is 0 Å². The second-order valence-corrected chi connectivity index (χ2v) is 9.67. The maximum Gasteiger partial charge on any atom is 0.242 e. The lowest BCUT2D eigenvalue weighted by Gasteiger charge is -2.61. The van der Waals surface area contributed by atoms with E-state index in [9.17, 15) is 9.59 Å². The third kappa shape index (κ3) is 2.60. The van der Waals surface area contributed by atoms with Crippen molar-refractivity contribution in [3.8, 4) is 0 Å². The third-order valence-electron chi connectivity index (χ3n) is 7.64. The molecule has 4 saturated carbocycles. The normalized spacial score (nSPS) is 41.4. The first kappa shape index (κ1) is 18.1. The van der Waals surface area contributed by atoms with Crippen molar-refractivity contribution in [2.24, 2.45) is 23.0 Å². The summed E-state index contributed by atoms with van der Waals surface area (Å²) in [6.45, 7) is 2.95. The number of likely N-dealkylation sites (N-methyl/N-ethyl adjacent to an activating group) is 1. The van der Waals surface area contributed by atoms with E-state index in [-0.39, 0.29) is 28.8 Å². The lowest BCUT2D eigenvalue weighted by molar-refractivity contribution is -0.168. The zero-order valence-electron chi connectivity index (χ0n) is 16.5. The molecule has 0 spiro atoms. The highest BCUT2D eigenvalue weighted by atomic mass is 16.2. The van der Waals surface area contributed by atoms with Crippen LogP contribution in [0.1, 0.15) is 51.9 Å². The highest BCUT2D eigenvalue weighted by Gasteiger charge is 2.63. The smallest absolute Gasteiger partial charge is 0.242 e. The van der Waals surface area contributed by atoms with Crippen LogP contribution in [0, 0.1) is 17.3 Å². The molecule has 8 nitrogen and oxygen atoms in total. The number of carbonyl (C=O) groups is 2. The van der Waals surface area contributed by atoms with Crippen molar-refractivity contribution in [3.63, 3.8) is 0 Å². The number of nitrogens with one attached hydrogen (secondary N) is 1. The van der Waals surface area contributed by atoms with Crippen LogP contribution < -0.4 is 11.1 Å². The fraction of sp³-hybridized carbons (Fsp3) is 0.800. The van der Waals surface area contributed by atoms with Gasteiger partial charge in [-0.25, -0.2) is 9.67 Å². The van der Waals surface area contributed by atoms with Gasteiger partial charge in [0.15, 0.2) is 0 Å². The maximum absolute atomic E-state index is 13.9. The van der Waals surface area contributed by atoms with Crippen LogP contribution in [0.5, 0.6) is 0 Å². The van der Waals surface area contributed by atoms with Gasteiger partial charge in [-0.05, 0) is 63.7 Å². The number of amides is 2. The molecule has 4 bridgehead atoms. The molecule has 3 N–H and O–H groups in total. The first-order valence-corrected chi connectivity index (χ1v) is 10.6. The summed E-state index contributed by atoms with van der Waals surface area (Å²) >= 11 is 0. The lowest BCUT2D eigenvalue weighted by atomic mass is 9.46. The molecule has 8 heteroatoms. The van der Waals surface area contributed by atoms with Gasteiger partial charge in [-0.1, -0.05) is 0 Å². The summed E-state index contributed by atoms with van der Waals surface area (Å²) in [7, 11) is 0. The van der Waals surface area contributed by atoms with Crippen LogP contribution in [-0.2, 0) is 15.1 Å². The summed E-state index contributed by atoms with van der Waals surface area (Å²) in [6.07, 6.45) is 10.0. The number of hydrogen-bond acceptors (Lipinski definition) is 5. The van der Waals surface area contributed by atoms with Gasteiger partial charge in [0.05, 0.1) is 11.0 Å². The Morgan fingerprint density at radius 2 is 1.96 bits per heavy atom. The Balaban J connectivity index is 1.47. The van der Waals surface area contributed by atoms with E-state index in [0.29, 0.717) is 31.3 Å². The average molecular weight is 387 g/mol. The van der Waals surface area contributed by atoms with Gasteiger partial charge in [0, 0.05) is 19.1 Å². The Labute approximate surface area is 165 Å². The number of nitrogens with two attached hydrogens (primary N) is 1. The van der Waals surface area contributed by atoms with Gasteiger partial charge in [-0.2, -0.15) is 5.10 Å². The second-order valence-electron chi connectivity index (χ2n) is 9.67. The Morgan fingerprint density at radius 1 is 1.21 bits per heavy atom. The lowest BCUT2D eigenvalue weighted by Crippen LogP contribution is -2.62. The van der Waals surface area contributed by atoms with E-state index in [0.717, 1.165) is 32.1 Å². The van der Waals surface area contributed by atoms with Gasteiger partial charge >= 0.3 is 0 Å². The highest BCUT2D eigenvalue weighted by molar-refractivity contribution is 5.91. The van der Waals surface area contributed by atoms with E-state index in [1.807, 2.05) is 17.9 Å². The van der Waals surface area contributed by atoms with E-state index < -0.39 is 6.04 Å². The molecular weight excluding hydrogens is 356 g/mol. The van der Waals surface area contributed by atoms with Crippen molar-refractivity contribution in [1.82, 2.24) is 25.0 Å². The summed E-state index contributed by atoms with van der Waals surface area (Å²) in [6, 6.07) is -0.562.